The van der Waals surface area contributed by atoms with Crippen molar-refractivity contribution in [2.45, 2.75) is 22.3 Å². The zero-order valence-corrected chi connectivity index (χ0v) is 18.4. The van der Waals surface area contributed by atoms with Crippen molar-refractivity contribution in [2.75, 3.05) is 0 Å². The standard InChI is InChI=1S/C16H10Cl4O2S3/c1-5(2)11(21)7-9(17)15(23-13(7)19)25-16-10(18)8(14(20)24-16)12(22)6(3)4/h1,3H2,2,4H3. The van der Waals surface area contributed by atoms with Crippen LogP contribution in [-0.2, 0) is 0 Å². The molecule has 0 aromatic carbocycles. The highest BCUT2D eigenvalue weighted by Gasteiger charge is 2.26. The van der Waals surface area contributed by atoms with E-state index >= 15 is 0 Å². The van der Waals surface area contributed by atoms with Gasteiger partial charge < -0.3 is 0 Å². The van der Waals surface area contributed by atoms with E-state index in [1.165, 1.54) is 11.8 Å². The fourth-order valence-corrected chi connectivity index (χ4v) is 7.23. The van der Waals surface area contributed by atoms with Crippen molar-refractivity contribution in [1.29, 1.82) is 0 Å². The van der Waals surface area contributed by atoms with Crippen molar-refractivity contribution in [3.63, 3.8) is 0 Å². The summed E-state index contributed by atoms with van der Waals surface area (Å²) in [5.41, 5.74) is 1.12. The first-order chi connectivity index (χ1) is 11.6. The van der Waals surface area contributed by atoms with Gasteiger partial charge in [0, 0.05) is 0 Å². The summed E-state index contributed by atoms with van der Waals surface area (Å²) in [6, 6.07) is 0. The van der Waals surface area contributed by atoms with Crippen LogP contribution in [0.5, 0.6) is 0 Å². The first-order valence-electron chi connectivity index (χ1n) is 6.60. The van der Waals surface area contributed by atoms with Gasteiger partial charge in [0.25, 0.3) is 0 Å². The average molecular weight is 472 g/mol. The van der Waals surface area contributed by atoms with Crippen LogP contribution in [-0.4, -0.2) is 11.6 Å². The van der Waals surface area contributed by atoms with E-state index in [0.717, 1.165) is 22.7 Å². The van der Waals surface area contributed by atoms with Crippen LogP contribution < -0.4 is 0 Å². The molecule has 0 spiro atoms. The quantitative estimate of drug-likeness (QED) is 0.315. The van der Waals surface area contributed by atoms with Gasteiger partial charge in [0.15, 0.2) is 11.6 Å². The third-order valence-corrected chi connectivity index (χ3v) is 8.34. The van der Waals surface area contributed by atoms with Crippen LogP contribution >= 0.6 is 80.8 Å². The maximum atomic E-state index is 12.2. The molecule has 0 fully saturated rings. The maximum Gasteiger partial charge on any atom is 0.192 e. The summed E-state index contributed by atoms with van der Waals surface area (Å²) in [5.74, 6) is -0.627. The van der Waals surface area contributed by atoms with Crippen LogP contribution in [0.25, 0.3) is 0 Å². The van der Waals surface area contributed by atoms with Gasteiger partial charge in [0.2, 0.25) is 0 Å². The van der Waals surface area contributed by atoms with Crippen molar-refractivity contribution in [3.8, 4) is 0 Å². The second kappa shape index (κ2) is 8.17. The summed E-state index contributed by atoms with van der Waals surface area (Å²) >= 11 is 28.5. The molecule has 2 aromatic heterocycles. The van der Waals surface area contributed by atoms with Gasteiger partial charge >= 0.3 is 0 Å². The third kappa shape index (κ3) is 4.19. The number of hydrogen-bond donors (Lipinski definition) is 0. The Morgan fingerprint density at radius 1 is 0.800 bits per heavy atom. The number of carbonyl (C=O) groups excluding carboxylic acids is 2. The SMILES string of the molecule is C=C(C)C(=O)c1c(Cl)sc(Sc2sc(Cl)c(C(=O)C(=C)C)c2Cl)c1Cl. The third-order valence-electron chi connectivity index (χ3n) is 2.97. The van der Waals surface area contributed by atoms with E-state index in [0.29, 0.717) is 19.6 Å². The molecule has 0 aliphatic carbocycles. The summed E-state index contributed by atoms with van der Waals surface area (Å²) < 4.78 is 1.73. The van der Waals surface area contributed by atoms with Crippen molar-refractivity contribution in [1.82, 2.24) is 0 Å². The molecule has 0 aliphatic rings. The average Bonchev–Trinajstić information content (AvgIpc) is 2.94. The lowest BCUT2D eigenvalue weighted by atomic mass is 10.1. The van der Waals surface area contributed by atoms with Crippen LogP contribution in [0.15, 0.2) is 32.7 Å². The van der Waals surface area contributed by atoms with Gasteiger partial charge in [-0.25, -0.2) is 0 Å². The number of carbonyl (C=O) groups is 2. The first-order valence-corrected chi connectivity index (χ1v) is 10.6. The molecule has 2 rings (SSSR count). The summed E-state index contributed by atoms with van der Waals surface area (Å²) in [5, 5.41) is 0.475. The molecule has 0 N–H and O–H groups in total. The molecular weight excluding hydrogens is 462 g/mol. The van der Waals surface area contributed by atoms with Gasteiger partial charge in [0.05, 0.1) is 29.6 Å². The fourth-order valence-electron chi connectivity index (χ4n) is 1.75. The van der Waals surface area contributed by atoms with Crippen LogP contribution in [0, 0.1) is 0 Å². The molecule has 0 unspecified atom stereocenters. The first kappa shape index (κ1) is 21.0. The van der Waals surface area contributed by atoms with Crippen molar-refractivity contribution >= 4 is 92.4 Å². The lowest BCUT2D eigenvalue weighted by Gasteiger charge is -2.01. The Bertz CT molecular complexity index is 850. The Kier molecular flexibility index (Phi) is 6.88. The Labute approximate surface area is 177 Å². The highest BCUT2D eigenvalue weighted by Crippen LogP contribution is 2.51. The molecular formula is C16H10Cl4O2S3. The molecule has 0 aliphatic heterocycles. The number of Topliss-reactive ketones (excluding diaryl/α,β-unsaturated/α-hetero) is 2. The molecule has 9 heteroatoms. The van der Waals surface area contributed by atoms with Crippen molar-refractivity contribution < 1.29 is 9.59 Å². The van der Waals surface area contributed by atoms with E-state index in [-0.39, 0.29) is 41.4 Å². The molecule has 2 nitrogen and oxygen atoms in total. The zero-order valence-electron chi connectivity index (χ0n) is 13.0. The number of rotatable bonds is 6. The largest absolute Gasteiger partial charge is 0.289 e. The van der Waals surface area contributed by atoms with Crippen LogP contribution in [0.1, 0.15) is 34.6 Å². The van der Waals surface area contributed by atoms with Gasteiger partial charge in [-0.1, -0.05) is 71.3 Å². The molecule has 0 amide bonds. The van der Waals surface area contributed by atoms with E-state index in [1.54, 1.807) is 13.8 Å². The Morgan fingerprint density at radius 2 is 1.12 bits per heavy atom. The van der Waals surface area contributed by atoms with Gasteiger partial charge in [-0.15, -0.1) is 22.7 Å². The van der Waals surface area contributed by atoms with Crippen LogP contribution in [0.4, 0.5) is 0 Å². The van der Waals surface area contributed by atoms with E-state index < -0.39 is 0 Å². The number of thiophene rings is 2. The maximum absolute atomic E-state index is 12.2. The Morgan fingerprint density at radius 3 is 1.40 bits per heavy atom. The Balaban J connectivity index is 2.46. The zero-order chi connectivity index (χ0) is 19.0. The predicted molar refractivity (Wildman–Crippen MR) is 111 cm³/mol. The minimum atomic E-state index is -0.313. The van der Waals surface area contributed by atoms with Gasteiger partial charge in [0.1, 0.15) is 8.67 Å². The minimum Gasteiger partial charge on any atom is -0.289 e. The monoisotopic (exact) mass is 470 g/mol. The summed E-state index contributed by atoms with van der Waals surface area (Å²) in [6.07, 6.45) is 0. The van der Waals surface area contributed by atoms with E-state index in [2.05, 4.69) is 13.2 Å². The lowest BCUT2D eigenvalue weighted by Crippen LogP contribution is -1.99. The molecule has 0 saturated heterocycles. The second-order valence-corrected chi connectivity index (χ2v) is 10.6. The van der Waals surface area contributed by atoms with Gasteiger partial charge in [-0.2, -0.15) is 0 Å². The topological polar surface area (TPSA) is 34.1 Å². The number of allylic oxidation sites excluding steroid dienone is 2. The highest BCUT2D eigenvalue weighted by atomic mass is 35.5. The fraction of sp³-hybridized carbons (Fsp3) is 0.125. The Hall–Kier alpha value is -0.270. The second-order valence-electron chi connectivity index (χ2n) is 5.03. The number of hydrogen-bond acceptors (Lipinski definition) is 5. The summed E-state index contributed by atoms with van der Waals surface area (Å²) in [6.45, 7) is 10.4. The molecule has 25 heavy (non-hydrogen) atoms. The molecule has 132 valence electrons. The van der Waals surface area contributed by atoms with E-state index in [1.807, 2.05) is 0 Å². The van der Waals surface area contributed by atoms with Crippen LogP contribution in [0.2, 0.25) is 18.7 Å². The molecule has 2 heterocycles. The lowest BCUT2D eigenvalue weighted by molar-refractivity contribution is 0.102. The number of ketones is 2. The van der Waals surface area contributed by atoms with Crippen molar-refractivity contribution in [3.05, 3.63) is 54.1 Å². The summed E-state index contributed by atoms with van der Waals surface area (Å²) in [7, 11) is 0. The van der Waals surface area contributed by atoms with Crippen LogP contribution in [0.3, 0.4) is 0 Å². The smallest absolute Gasteiger partial charge is 0.192 e. The molecule has 0 saturated carbocycles. The van der Waals surface area contributed by atoms with Crippen molar-refractivity contribution in [2.24, 2.45) is 0 Å². The predicted octanol–water partition coefficient (Wildman–Crippen LogP) is 8.09. The molecule has 0 atom stereocenters. The summed E-state index contributed by atoms with van der Waals surface area (Å²) in [4.78, 5) is 24.3. The molecule has 0 bridgehead atoms. The van der Waals surface area contributed by atoms with E-state index in [4.69, 9.17) is 46.4 Å². The normalized spacial score (nSPS) is 10.8. The minimum absolute atomic E-state index is 0.223. The van der Waals surface area contributed by atoms with E-state index in [9.17, 15) is 9.59 Å². The van der Waals surface area contributed by atoms with Gasteiger partial charge in [-0.3, -0.25) is 9.59 Å². The molecule has 0 radical (unpaired) electrons. The van der Waals surface area contributed by atoms with Gasteiger partial charge in [-0.05, 0) is 25.0 Å². The number of halogens is 4. The highest BCUT2D eigenvalue weighted by molar-refractivity contribution is 8.03. The molecule has 2 aromatic rings.